The highest BCUT2D eigenvalue weighted by Gasteiger charge is 2.29. The fourth-order valence-corrected chi connectivity index (χ4v) is 3.82. The van der Waals surface area contributed by atoms with E-state index in [0.29, 0.717) is 11.5 Å². The third-order valence-corrected chi connectivity index (χ3v) is 5.47. The zero-order valence-electron chi connectivity index (χ0n) is 14.2. The van der Waals surface area contributed by atoms with Gasteiger partial charge in [0.2, 0.25) is 0 Å². The largest absolute Gasteiger partial charge is 0.386 e. The minimum Gasteiger partial charge on any atom is -0.386 e. The van der Waals surface area contributed by atoms with E-state index in [1.165, 1.54) is 24.7 Å². The van der Waals surface area contributed by atoms with Crippen LogP contribution in [0.1, 0.15) is 38.4 Å². The van der Waals surface area contributed by atoms with Gasteiger partial charge in [-0.3, -0.25) is 4.99 Å². The smallest absolute Gasteiger partial charge is 0.191 e. The molecule has 1 fully saturated rings. The lowest BCUT2D eigenvalue weighted by atomic mass is 10.1. The maximum Gasteiger partial charge on any atom is 0.191 e. The molecule has 0 radical (unpaired) electrons. The van der Waals surface area contributed by atoms with Gasteiger partial charge in [-0.2, -0.15) is 11.8 Å². The van der Waals surface area contributed by atoms with E-state index >= 15 is 0 Å². The fraction of sp³-hybridized carbons (Fsp3) is 0.588. The number of hydrogen-bond donors (Lipinski definition) is 3. The van der Waals surface area contributed by atoms with E-state index in [2.05, 4.69) is 22.5 Å². The van der Waals surface area contributed by atoms with Crippen LogP contribution in [0.25, 0.3) is 0 Å². The Labute approximate surface area is 165 Å². The molecule has 1 aliphatic rings. The molecule has 1 saturated heterocycles. The second-order valence-corrected chi connectivity index (χ2v) is 7.70. The first-order valence-electron chi connectivity index (χ1n) is 8.13. The third kappa shape index (κ3) is 6.40. The number of halogens is 2. The number of thioether (sulfide) groups is 1. The zero-order valence-corrected chi connectivity index (χ0v) is 17.4. The van der Waals surface area contributed by atoms with Gasteiger partial charge in [-0.05, 0) is 38.5 Å². The Morgan fingerprint density at radius 3 is 2.79 bits per heavy atom. The molecule has 0 aromatic heterocycles. The van der Waals surface area contributed by atoms with Crippen LogP contribution < -0.4 is 10.6 Å². The molecule has 1 aliphatic heterocycles. The van der Waals surface area contributed by atoms with Gasteiger partial charge in [-0.25, -0.2) is 4.39 Å². The van der Waals surface area contributed by atoms with E-state index in [4.69, 9.17) is 0 Å². The summed E-state index contributed by atoms with van der Waals surface area (Å²) in [5.74, 6) is 1.47. The summed E-state index contributed by atoms with van der Waals surface area (Å²) in [5.41, 5.74) is 0.300. The van der Waals surface area contributed by atoms with Crippen LogP contribution in [0.3, 0.4) is 0 Å². The number of guanidine groups is 1. The molecule has 0 aliphatic carbocycles. The van der Waals surface area contributed by atoms with Crippen LogP contribution in [0.15, 0.2) is 29.3 Å². The topological polar surface area (TPSA) is 56.7 Å². The fourth-order valence-electron chi connectivity index (χ4n) is 2.60. The number of hydrogen-bond acceptors (Lipinski definition) is 3. The summed E-state index contributed by atoms with van der Waals surface area (Å²) in [4.78, 5) is 4.62. The van der Waals surface area contributed by atoms with Gasteiger partial charge in [0.1, 0.15) is 5.82 Å². The summed E-state index contributed by atoms with van der Waals surface area (Å²) in [6.45, 7) is 5.94. The molecule has 3 N–H and O–H groups in total. The number of benzene rings is 1. The zero-order chi connectivity index (χ0) is 16.7. The first-order valence-corrected chi connectivity index (χ1v) is 9.11. The predicted octanol–water partition coefficient (Wildman–Crippen LogP) is 3.32. The lowest BCUT2D eigenvalue weighted by Crippen LogP contribution is -2.40. The monoisotopic (exact) mass is 467 g/mol. The van der Waals surface area contributed by atoms with Crippen molar-refractivity contribution >= 4 is 41.7 Å². The minimum absolute atomic E-state index is 0. The SMILES string of the molecule is CCNC(=NCC1(C)CCCS1)NCC(O)c1ccccc1F.I. The van der Waals surface area contributed by atoms with Crippen molar-refractivity contribution in [2.24, 2.45) is 4.99 Å². The Kier molecular flexibility index (Phi) is 9.36. The lowest BCUT2D eigenvalue weighted by molar-refractivity contribution is 0.176. The Morgan fingerprint density at radius 2 is 2.17 bits per heavy atom. The van der Waals surface area contributed by atoms with Crippen LogP contribution >= 0.6 is 35.7 Å². The van der Waals surface area contributed by atoms with Crippen molar-refractivity contribution in [3.63, 3.8) is 0 Å². The van der Waals surface area contributed by atoms with Crippen molar-refractivity contribution in [1.82, 2.24) is 10.6 Å². The molecule has 1 aromatic rings. The highest BCUT2D eigenvalue weighted by atomic mass is 127. The number of aliphatic imine (C=N–C) groups is 1. The van der Waals surface area contributed by atoms with Crippen molar-refractivity contribution in [2.45, 2.75) is 37.5 Å². The normalized spacial score (nSPS) is 21.9. The van der Waals surface area contributed by atoms with E-state index < -0.39 is 11.9 Å². The van der Waals surface area contributed by atoms with Crippen molar-refractivity contribution in [2.75, 3.05) is 25.4 Å². The summed E-state index contributed by atoms with van der Waals surface area (Å²) < 4.78 is 13.9. The number of nitrogens with zero attached hydrogens (tertiary/aromatic N) is 1. The first kappa shape index (κ1) is 21.5. The molecule has 24 heavy (non-hydrogen) atoms. The van der Waals surface area contributed by atoms with Crippen molar-refractivity contribution < 1.29 is 9.50 Å². The first-order chi connectivity index (χ1) is 11.0. The molecule has 0 spiro atoms. The van der Waals surface area contributed by atoms with Crippen LogP contribution in [0.2, 0.25) is 0 Å². The second kappa shape index (κ2) is 10.5. The van der Waals surface area contributed by atoms with Gasteiger partial charge in [-0.15, -0.1) is 24.0 Å². The van der Waals surface area contributed by atoms with E-state index in [-0.39, 0.29) is 35.3 Å². The van der Waals surface area contributed by atoms with Gasteiger partial charge in [0.25, 0.3) is 0 Å². The van der Waals surface area contributed by atoms with Crippen LogP contribution in [0.4, 0.5) is 4.39 Å². The number of aliphatic hydroxyl groups excluding tert-OH is 1. The molecular formula is C17H27FIN3OS. The van der Waals surface area contributed by atoms with Crippen molar-refractivity contribution in [1.29, 1.82) is 0 Å². The predicted molar refractivity (Wildman–Crippen MR) is 111 cm³/mol. The summed E-state index contributed by atoms with van der Waals surface area (Å²) >= 11 is 1.97. The van der Waals surface area contributed by atoms with Crippen LogP contribution in [0, 0.1) is 5.82 Å². The molecule has 0 amide bonds. The van der Waals surface area contributed by atoms with E-state index in [0.717, 1.165) is 13.1 Å². The summed E-state index contributed by atoms with van der Waals surface area (Å²) in [6, 6.07) is 6.29. The summed E-state index contributed by atoms with van der Waals surface area (Å²) in [6.07, 6.45) is 1.52. The average molecular weight is 467 g/mol. The molecule has 7 heteroatoms. The maximum absolute atomic E-state index is 13.7. The molecule has 2 unspecified atom stereocenters. The maximum atomic E-state index is 13.7. The summed E-state index contributed by atoms with van der Waals surface area (Å²) in [5, 5.41) is 16.4. The van der Waals surface area contributed by atoms with Crippen LogP contribution in [-0.2, 0) is 0 Å². The Balaban J connectivity index is 0.00000288. The van der Waals surface area contributed by atoms with Crippen molar-refractivity contribution in [3.8, 4) is 0 Å². The lowest BCUT2D eigenvalue weighted by Gasteiger charge is -2.21. The second-order valence-electron chi connectivity index (χ2n) is 6.02. The molecule has 1 heterocycles. The Bertz CT molecular complexity index is 538. The molecule has 136 valence electrons. The molecule has 0 saturated carbocycles. The molecule has 2 rings (SSSR count). The van der Waals surface area contributed by atoms with Gasteiger partial charge in [0, 0.05) is 23.4 Å². The van der Waals surface area contributed by atoms with Crippen LogP contribution in [-0.4, -0.2) is 41.2 Å². The quantitative estimate of drug-likeness (QED) is 0.342. The minimum atomic E-state index is -0.906. The Morgan fingerprint density at radius 1 is 1.42 bits per heavy atom. The average Bonchev–Trinajstić information content (AvgIpc) is 2.97. The molecule has 4 nitrogen and oxygen atoms in total. The van der Waals surface area contributed by atoms with Gasteiger partial charge in [-0.1, -0.05) is 18.2 Å². The third-order valence-electron chi connectivity index (χ3n) is 3.94. The number of rotatable bonds is 6. The van der Waals surface area contributed by atoms with Gasteiger partial charge in [0.05, 0.1) is 12.6 Å². The van der Waals surface area contributed by atoms with E-state index in [1.807, 2.05) is 18.7 Å². The molecule has 0 bridgehead atoms. The Hall–Kier alpha value is -0.540. The number of nitrogens with one attached hydrogen (secondary N) is 2. The van der Waals surface area contributed by atoms with Gasteiger partial charge >= 0.3 is 0 Å². The molecule has 1 aromatic carbocycles. The summed E-state index contributed by atoms with van der Waals surface area (Å²) in [7, 11) is 0. The van der Waals surface area contributed by atoms with Crippen LogP contribution in [0.5, 0.6) is 0 Å². The van der Waals surface area contributed by atoms with Gasteiger partial charge < -0.3 is 15.7 Å². The highest BCUT2D eigenvalue weighted by molar-refractivity contribution is 14.0. The van der Waals surface area contributed by atoms with Gasteiger partial charge in [0.15, 0.2) is 5.96 Å². The number of aliphatic hydroxyl groups is 1. The van der Waals surface area contributed by atoms with Crippen molar-refractivity contribution in [3.05, 3.63) is 35.6 Å². The standard InChI is InChI=1S/C17H26FN3OS.HI/c1-3-19-16(21-12-17(2)9-6-10-23-17)20-11-15(22)13-7-4-5-8-14(13)18;/h4-5,7-8,15,22H,3,6,9-12H2,1-2H3,(H2,19,20,21);1H. The molecule has 2 atom stereocenters. The highest BCUT2D eigenvalue weighted by Crippen LogP contribution is 2.37. The van der Waals surface area contributed by atoms with E-state index in [9.17, 15) is 9.50 Å². The molecular weight excluding hydrogens is 440 g/mol. The van der Waals surface area contributed by atoms with E-state index in [1.54, 1.807) is 18.2 Å².